The summed E-state index contributed by atoms with van der Waals surface area (Å²) in [6.45, 7) is 0. The second-order valence-electron chi connectivity index (χ2n) is 3.74. The topological polar surface area (TPSA) is 94.1 Å². The standard InChI is InChI=1S/C11H7BrCl2N4O2/c12-6-1-2-7(11(14)10(6)13)16-9-4-5(18(19)20)3-8(15)17-9/h1-4H,(H3,15,16,17). The van der Waals surface area contributed by atoms with E-state index in [0.717, 1.165) is 0 Å². The molecule has 0 radical (unpaired) electrons. The summed E-state index contributed by atoms with van der Waals surface area (Å²) < 4.78 is 0.640. The van der Waals surface area contributed by atoms with Crippen LogP contribution in [0.2, 0.25) is 10.0 Å². The van der Waals surface area contributed by atoms with Gasteiger partial charge in [0, 0.05) is 4.47 Å². The van der Waals surface area contributed by atoms with Crippen LogP contribution in [0.4, 0.5) is 23.0 Å². The average Bonchev–Trinajstić information content (AvgIpc) is 2.39. The minimum absolute atomic E-state index is 0.0287. The van der Waals surface area contributed by atoms with Crippen molar-refractivity contribution in [2.24, 2.45) is 0 Å². The van der Waals surface area contributed by atoms with Gasteiger partial charge in [-0.25, -0.2) is 4.98 Å². The Balaban J connectivity index is 2.40. The van der Waals surface area contributed by atoms with Gasteiger partial charge >= 0.3 is 0 Å². The second-order valence-corrected chi connectivity index (χ2v) is 5.35. The van der Waals surface area contributed by atoms with Crippen LogP contribution in [0.3, 0.4) is 0 Å². The Hall–Kier alpha value is -1.57. The van der Waals surface area contributed by atoms with E-state index in [-0.39, 0.29) is 22.3 Å². The van der Waals surface area contributed by atoms with E-state index in [0.29, 0.717) is 15.2 Å². The highest BCUT2D eigenvalue weighted by Crippen LogP contribution is 2.37. The highest BCUT2D eigenvalue weighted by molar-refractivity contribution is 9.10. The summed E-state index contributed by atoms with van der Waals surface area (Å²) in [5, 5.41) is 14.2. The van der Waals surface area contributed by atoms with Crippen molar-refractivity contribution in [1.29, 1.82) is 0 Å². The first-order chi connectivity index (χ1) is 9.38. The third-order valence-corrected chi connectivity index (χ3v) is 4.11. The zero-order valence-electron chi connectivity index (χ0n) is 9.73. The van der Waals surface area contributed by atoms with Gasteiger partial charge in [0.1, 0.15) is 11.6 Å². The van der Waals surface area contributed by atoms with Crippen LogP contribution in [0.25, 0.3) is 0 Å². The van der Waals surface area contributed by atoms with Crippen molar-refractivity contribution in [2.75, 3.05) is 11.1 Å². The number of benzene rings is 1. The fourth-order valence-corrected chi connectivity index (χ4v) is 2.29. The van der Waals surface area contributed by atoms with Crippen LogP contribution in [0.1, 0.15) is 0 Å². The van der Waals surface area contributed by atoms with E-state index in [1.165, 1.54) is 12.1 Å². The summed E-state index contributed by atoms with van der Waals surface area (Å²) in [4.78, 5) is 14.2. The lowest BCUT2D eigenvalue weighted by molar-refractivity contribution is -0.384. The molecule has 0 saturated heterocycles. The van der Waals surface area contributed by atoms with Gasteiger partial charge in [0.05, 0.1) is 32.8 Å². The van der Waals surface area contributed by atoms with Gasteiger partial charge in [-0.1, -0.05) is 23.2 Å². The van der Waals surface area contributed by atoms with E-state index in [1.807, 2.05) is 0 Å². The normalized spacial score (nSPS) is 10.3. The first-order valence-corrected chi connectivity index (χ1v) is 6.76. The number of nitrogens with zero attached hydrogens (tertiary/aromatic N) is 2. The molecule has 0 saturated carbocycles. The Bertz CT molecular complexity index is 696. The van der Waals surface area contributed by atoms with E-state index in [9.17, 15) is 10.1 Å². The zero-order valence-corrected chi connectivity index (χ0v) is 12.8. The highest BCUT2D eigenvalue weighted by Gasteiger charge is 2.13. The number of nitro groups is 1. The molecule has 0 spiro atoms. The first-order valence-electron chi connectivity index (χ1n) is 5.21. The van der Waals surface area contributed by atoms with Crippen LogP contribution >= 0.6 is 39.1 Å². The van der Waals surface area contributed by atoms with Gasteiger partial charge in [-0.15, -0.1) is 0 Å². The number of pyridine rings is 1. The van der Waals surface area contributed by atoms with Gasteiger partial charge in [-0.05, 0) is 28.1 Å². The number of nitrogen functional groups attached to an aromatic ring is 1. The van der Waals surface area contributed by atoms with Crippen molar-refractivity contribution in [1.82, 2.24) is 4.98 Å². The minimum Gasteiger partial charge on any atom is -0.383 e. The molecule has 3 N–H and O–H groups in total. The van der Waals surface area contributed by atoms with Crippen LogP contribution in [-0.4, -0.2) is 9.91 Å². The number of hydrogen-bond acceptors (Lipinski definition) is 5. The summed E-state index contributed by atoms with van der Waals surface area (Å²) >= 11 is 15.3. The lowest BCUT2D eigenvalue weighted by Gasteiger charge is -2.10. The maximum absolute atomic E-state index is 10.8. The molecule has 0 atom stereocenters. The molecule has 0 aliphatic heterocycles. The van der Waals surface area contributed by atoms with Gasteiger partial charge < -0.3 is 11.1 Å². The van der Waals surface area contributed by atoms with E-state index in [2.05, 4.69) is 26.2 Å². The molecule has 9 heteroatoms. The molecule has 2 aromatic rings. The van der Waals surface area contributed by atoms with Gasteiger partial charge in [-0.3, -0.25) is 10.1 Å². The third kappa shape index (κ3) is 3.12. The summed E-state index contributed by atoms with van der Waals surface area (Å²) in [6.07, 6.45) is 0. The number of hydrogen-bond donors (Lipinski definition) is 2. The molecule has 0 unspecified atom stereocenters. The van der Waals surface area contributed by atoms with Crippen LogP contribution in [-0.2, 0) is 0 Å². The molecule has 20 heavy (non-hydrogen) atoms. The van der Waals surface area contributed by atoms with Crippen LogP contribution < -0.4 is 11.1 Å². The summed E-state index contributed by atoms with van der Waals surface area (Å²) in [5.41, 5.74) is 5.82. The second kappa shape index (κ2) is 5.82. The SMILES string of the molecule is Nc1cc([N+](=O)[O-])cc(Nc2ccc(Br)c(Cl)c2Cl)n1. The third-order valence-electron chi connectivity index (χ3n) is 2.34. The Morgan fingerprint density at radius 1 is 1.30 bits per heavy atom. The number of nitrogens with one attached hydrogen (secondary N) is 1. The van der Waals surface area contributed by atoms with Crippen LogP contribution in [0.15, 0.2) is 28.7 Å². The maximum Gasteiger partial charge on any atom is 0.276 e. The molecule has 0 aliphatic carbocycles. The van der Waals surface area contributed by atoms with E-state index in [1.54, 1.807) is 12.1 Å². The monoisotopic (exact) mass is 376 g/mol. The van der Waals surface area contributed by atoms with Gasteiger partial charge in [-0.2, -0.15) is 0 Å². The molecule has 1 aromatic heterocycles. The predicted molar refractivity (Wildman–Crippen MR) is 82.7 cm³/mol. The Labute approximate surface area is 132 Å². The summed E-state index contributed by atoms with van der Waals surface area (Å²) in [6, 6.07) is 5.77. The van der Waals surface area contributed by atoms with Crippen molar-refractivity contribution < 1.29 is 4.92 Å². The number of nitrogens with two attached hydrogens (primary N) is 1. The number of anilines is 3. The molecule has 0 amide bonds. The minimum atomic E-state index is -0.556. The molecule has 1 aromatic carbocycles. The van der Waals surface area contributed by atoms with E-state index < -0.39 is 4.92 Å². The van der Waals surface area contributed by atoms with Crippen LogP contribution in [0, 0.1) is 10.1 Å². The number of aromatic nitrogens is 1. The lowest BCUT2D eigenvalue weighted by Crippen LogP contribution is -2.00. The van der Waals surface area contributed by atoms with Crippen molar-refractivity contribution in [3.05, 3.63) is 48.9 Å². The molecule has 1 heterocycles. The molecule has 6 nitrogen and oxygen atoms in total. The van der Waals surface area contributed by atoms with Crippen molar-refractivity contribution in [2.45, 2.75) is 0 Å². The van der Waals surface area contributed by atoms with Gasteiger partial charge in [0.2, 0.25) is 0 Å². The average molecular weight is 378 g/mol. The Kier molecular flexibility index (Phi) is 4.32. The summed E-state index contributed by atoms with van der Waals surface area (Å²) in [5.74, 6) is 0.234. The Morgan fingerprint density at radius 2 is 2.00 bits per heavy atom. The largest absolute Gasteiger partial charge is 0.383 e. The lowest BCUT2D eigenvalue weighted by atomic mass is 10.3. The maximum atomic E-state index is 10.8. The smallest absolute Gasteiger partial charge is 0.276 e. The quantitative estimate of drug-likeness (QED) is 0.470. The Morgan fingerprint density at radius 3 is 2.65 bits per heavy atom. The molecular weight excluding hydrogens is 371 g/mol. The molecule has 104 valence electrons. The zero-order chi connectivity index (χ0) is 14.9. The molecule has 0 aliphatic rings. The van der Waals surface area contributed by atoms with Crippen LogP contribution in [0.5, 0.6) is 0 Å². The fraction of sp³-hybridized carbons (Fsp3) is 0. The van der Waals surface area contributed by atoms with E-state index in [4.69, 9.17) is 28.9 Å². The predicted octanol–water partition coefficient (Wildman–Crippen LogP) is 4.38. The highest BCUT2D eigenvalue weighted by atomic mass is 79.9. The molecular formula is C11H7BrCl2N4O2. The van der Waals surface area contributed by atoms with Crippen molar-refractivity contribution in [3.63, 3.8) is 0 Å². The molecule has 0 bridgehead atoms. The fourth-order valence-electron chi connectivity index (χ4n) is 1.47. The summed E-state index contributed by atoms with van der Waals surface area (Å²) in [7, 11) is 0. The molecule has 2 rings (SSSR count). The van der Waals surface area contributed by atoms with Crippen molar-refractivity contribution in [3.8, 4) is 0 Å². The number of halogens is 3. The van der Waals surface area contributed by atoms with Gasteiger partial charge in [0.15, 0.2) is 0 Å². The van der Waals surface area contributed by atoms with E-state index >= 15 is 0 Å². The number of rotatable bonds is 3. The first kappa shape index (κ1) is 14.8. The van der Waals surface area contributed by atoms with Crippen molar-refractivity contribution >= 4 is 62.1 Å². The van der Waals surface area contributed by atoms with Gasteiger partial charge in [0.25, 0.3) is 5.69 Å². The molecule has 0 fully saturated rings.